The standard InChI is InChI=1S/C14H9F2N3O/c15-10-3-1-2-8(4-10)12-13(20-19-14(12)17)9-5-11(16)7-18-6-9/h1-7H,(H2,17,19). The minimum absolute atomic E-state index is 0.106. The highest BCUT2D eigenvalue weighted by atomic mass is 19.1. The molecule has 2 N–H and O–H groups in total. The maximum atomic E-state index is 13.3. The normalized spacial score (nSPS) is 10.7. The number of nitrogens with zero attached hydrogens (tertiary/aromatic N) is 2. The summed E-state index contributed by atoms with van der Waals surface area (Å²) in [5, 5.41) is 3.66. The van der Waals surface area contributed by atoms with Gasteiger partial charge >= 0.3 is 0 Å². The second-order valence-electron chi connectivity index (χ2n) is 4.17. The zero-order valence-electron chi connectivity index (χ0n) is 10.2. The molecule has 3 rings (SSSR count). The van der Waals surface area contributed by atoms with Crippen molar-refractivity contribution in [2.45, 2.75) is 0 Å². The zero-order valence-corrected chi connectivity index (χ0v) is 10.2. The Labute approximate surface area is 112 Å². The monoisotopic (exact) mass is 273 g/mol. The van der Waals surface area contributed by atoms with E-state index in [4.69, 9.17) is 10.3 Å². The molecule has 0 aliphatic heterocycles. The fraction of sp³-hybridized carbons (Fsp3) is 0. The molecule has 0 unspecified atom stereocenters. The molecule has 0 fully saturated rings. The average molecular weight is 273 g/mol. The molecule has 0 aliphatic rings. The molecule has 6 heteroatoms. The number of benzene rings is 1. The molecule has 3 aromatic rings. The molecular formula is C14H9F2N3O. The smallest absolute Gasteiger partial charge is 0.178 e. The van der Waals surface area contributed by atoms with Crippen LogP contribution in [-0.2, 0) is 0 Å². The number of aromatic nitrogens is 2. The predicted molar refractivity (Wildman–Crippen MR) is 69.5 cm³/mol. The van der Waals surface area contributed by atoms with Crippen LogP contribution in [-0.4, -0.2) is 10.1 Å². The summed E-state index contributed by atoms with van der Waals surface area (Å²) in [5.74, 6) is -0.566. The van der Waals surface area contributed by atoms with Crippen LogP contribution < -0.4 is 5.73 Å². The Morgan fingerprint density at radius 1 is 1.00 bits per heavy atom. The summed E-state index contributed by atoms with van der Waals surface area (Å²) in [7, 11) is 0. The molecular weight excluding hydrogens is 264 g/mol. The van der Waals surface area contributed by atoms with Crippen molar-refractivity contribution in [3.63, 3.8) is 0 Å². The SMILES string of the molecule is Nc1noc(-c2cncc(F)c2)c1-c1cccc(F)c1. The number of anilines is 1. The molecule has 2 heterocycles. The van der Waals surface area contributed by atoms with Crippen LogP contribution in [0.2, 0.25) is 0 Å². The van der Waals surface area contributed by atoms with Crippen molar-refractivity contribution in [3.05, 3.63) is 54.4 Å². The van der Waals surface area contributed by atoms with E-state index in [-0.39, 0.29) is 11.6 Å². The summed E-state index contributed by atoms with van der Waals surface area (Å²) in [5.41, 5.74) is 7.06. The Morgan fingerprint density at radius 2 is 1.80 bits per heavy atom. The van der Waals surface area contributed by atoms with Crippen LogP contribution >= 0.6 is 0 Å². The molecule has 2 aromatic heterocycles. The third-order valence-electron chi connectivity index (χ3n) is 2.80. The second-order valence-corrected chi connectivity index (χ2v) is 4.17. The third-order valence-corrected chi connectivity index (χ3v) is 2.80. The van der Waals surface area contributed by atoms with E-state index >= 15 is 0 Å². The van der Waals surface area contributed by atoms with Crippen molar-refractivity contribution < 1.29 is 13.3 Å². The molecule has 20 heavy (non-hydrogen) atoms. The van der Waals surface area contributed by atoms with Crippen LogP contribution in [0.15, 0.2) is 47.2 Å². The first-order valence-electron chi connectivity index (χ1n) is 5.77. The number of hydrogen-bond acceptors (Lipinski definition) is 4. The van der Waals surface area contributed by atoms with Crippen molar-refractivity contribution >= 4 is 5.82 Å². The van der Waals surface area contributed by atoms with Crippen molar-refractivity contribution in [3.8, 4) is 22.5 Å². The molecule has 0 amide bonds. The average Bonchev–Trinajstić information content (AvgIpc) is 2.80. The first-order chi connectivity index (χ1) is 9.65. The van der Waals surface area contributed by atoms with Gasteiger partial charge in [-0.1, -0.05) is 17.3 Å². The molecule has 0 bridgehead atoms. The summed E-state index contributed by atoms with van der Waals surface area (Å²) in [6.07, 6.45) is 2.50. The fourth-order valence-corrected chi connectivity index (χ4v) is 1.96. The minimum atomic E-state index is -0.511. The lowest BCUT2D eigenvalue weighted by atomic mass is 10.0. The summed E-state index contributed by atoms with van der Waals surface area (Å²) >= 11 is 0. The van der Waals surface area contributed by atoms with Gasteiger partial charge in [0.15, 0.2) is 11.6 Å². The molecule has 0 saturated carbocycles. The van der Waals surface area contributed by atoms with Gasteiger partial charge in [-0.25, -0.2) is 8.78 Å². The van der Waals surface area contributed by atoms with Crippen molar-refractivity contribution in [2.24, 2.45) is 0 Å². The lowest BCUT2D eigenvalue weighted by Crippen LogP contribution is -1.90. The second kappa shape index (κ2) is 4.73. The van der Waals surface area contributed by atoms with E-state index < -0.39 is 11.6 Å². The van der Waals surface area contributed by atoms with E-state index in [1.165, 1.54) is 24.4 Å². The Bertz CT molecular complexity index is 771. The van der Waals surface area contributed by atoms with Crippen LogP contribution in [0.4, 0.5) is 14.6 Å². The van der Waals surface area contributed by atoms with Gasteiger partial charge in [0.05, 0.1) is 11.8 Å². The quantitative estimate of drug-likeness (QED) is 0.778. The van der Waals surface area contributed by atoms with Crippen LogP contribution in [0.3, 0.4) is 0 Å². The molecule has 0 spiro atoms. The van der Waals surface area contributed by atoms with E-state index in [2.05, 4.69) is 10.1 Å². The number of nitrogens with two attached hydrogens (primary N) is 1. The van der Waals surface area contributed by atoms with E-state index in [0.29, 0.717) is 16.7 Å². The Morgan fingerprint density at radius 3 is 2.55 bits per heavy atom. The van der Waals surface area contributed by atoms with Gasteiger partial charge in [-0.2, -0.15) is 0 Å². The molecule has 0 radical (unpaired) electrons. The summed E-state index contributed by atoms with van der Waals surface area (Å²) in [4.78, 5) is 3.74. The number of pyridine rings is 1. The molecule has 100 valence electrons. The van der Waals surface area contributed by atoms with Crippen LogP contribution in [0.5, 0.6) is 0 Å². The van der Waals surface area contributed by atoms with E-state index in [0.717, 1.165) is 6.20 Å². The van der Waals surface area contributed by atoms with E-state index in [1.54, 1.807) is 12.1 Å². The van der Waals surface area contributed by atoms with Crippen LogP contribution in [0.1, 0.15) is 0 Å². The number of rotatable bonds is 2. The van der Waals surface area contributed by atoms with E-state index in [1.807, 2.05) is 0 Å². The highest BCUT2D eigenvalue weighted by molar-refractivity contribution is 5.86. The number of nitrogen functional groups attached to an aromatic ring is 1. The third kappa shape index (κ3) is 2.11. The molecule has 0 saturated heterocycles. The Kier molecular flexibility index (Phi) is 2.90. The van der Waals surface area contributed by atoms with Gasteiger partial charge in [0.2, 0.25) is 0 Å². The van der Waals surface area contributed by atoms with Crippen LogP contribution in [0.25, 0.3) is 22.5 Å². The Balaban J connectivity index is 2.20. The largest absolute Gasteiger partial charge is 0.380 e. The van der Waals surface area contributed by atoms with Gasteiger partial charge in [0.25, 0.3) is 0 Å². The summed E-state index contributed by atoms with van der Waals surface area (Å²) < 4.78 is 31.7. The first-order valence-corrected chi connectivity index (χ1v) is 5.77. The molecule has 0 aliphatic carbocycles. The van der Waals surface area contributed by atoms with Gasteiger partial charge in [0.1, 0.15) is 11.6 Å². The first kappa shape index (κ1) is 12.3. The number of hydrogen-bond donors (Lipinski definition) is 1. The van der Waals surface area contributed by atoms with Crippen LogP contribution in [0, 0.1) is 11.6 Å². The summed E-state index contributed by atoms with van der Waals surface area (Å²) in [6.45, 7) is 0. The highest BCUT2D eigenvalue weighted by Crippen LogP contribution is 2.36. The highest BCUT2D eigenvalue weighted by Gasteiger charge is 2.18. The minimum Gasteiger partial charge on any atom is -0.380 e. The maximum absolute atomic E-state index is 13.3. The van der Waals surface area contributed by atoms with Gasteiger partial charge < -0.3 is 10.3 Å². The van der Waals surface area contributed by atoms with E-state index in [9.17, 15) is 8.78 Å². The van der Waals surface area contributed by atoms with Gasteiger partial charge in [-0.15, -0.1) is 0 Å². The lowest BCUT2D eigenvalue weighted by molar-refractivity contribution is 0.435. The maximum Gasteiger partial charge on any atom is 0.178 e. The fourth-order valence-electron chi connectivity index (χ4n) is 1.96. The van der Waals surface area contributed by atoms with Crippen molar-refractivity contribution in [1.29, 1.82) is 0 Å². The van der Waals surface area contributed by atoms with Gasteiger partial charge in [0, 0.05) is 11.8 Å². The lowest BCUT2D eigenvalue weighted by Gasteiger charge is -2.03. The Hall–Kier alpha value is -2.76. The molecule has 0 atom stereocenters. The van der Waals surface area contributed by atoms with Crippen molar-refractivity contribution in [1.82, 2.24) is 10.1 Å². The number of halogens is 2. The molecule has 4 nitrogen and oxygen atoms in total. The van der Waals surface area contributed by atoms with Gasteiger partial charge in [-0.3, -0.25) is 4.98 Å². The van der Waals surface area contributed by atoms with Gasteiger partial charge in [-0.05, 0) is 23.8 Å². The topological polar surface area (TPSA) is 64.9 Å². The zero-order chi connectivity index (χ0) is 14.1. The molecule has 1 aromatic carbocycles. The van der Waals surface area contributed by atoms with Crippen molar-refractivity contribution in [2.75, 3.05) is 5.73 Å². The summed E-state index contributed by atoms with van der Waals surface area (Å²) in [6, 6.07) is 7.08. The predicted octanol–water partition coefficient (Wildman–Crippen LogP) is 3.26.